The summed E-state index contributed by atoms with van der Waals surface area (Å²) in [7, 11) is 0. The average molecular weight is 1160 g/mol. The first-order valence-electron chi connectivity index (χ1n) is 25.9. The van der Waals surface area contributed by atoms with Crippen molar-refractivity contribution in [2.75, 3.05) is 0 Å². The summed E-state index contributed by atoms with van der Waals surface area (Å²) in [5.74, 6) is -1.37. The van der Waals surface area contributed by atoms with Gasteiger partial charge in [0.25, 0.3) is 0 Å². The van der Waals surface area contributed by atoms with Crippen LogP contribution in [-0.2, 0) is 89.1 Å². The van der Waals surface area contributed by atoms with Gasteiger partial charge in [-0.05, 0) is 81.1 Å². The molecule has 6 aliphatic rings. The third-order valence-corrected chi connectivity index (χ3v) is 13.0. The number of benzene rings is 4. The van der Waals surface area contributed by atoms with Gasteiger partial charge in [-0.2, -0.15) is 140 Å². The minimum Gasteiger partial charge on any atom is -0.387 e. The number of aryl methyl sites for hydroxylation is 12. The monoisotopic (exact) mass is 1160 g/mol. The van der Waals surface area contributed by atoms with Crippen molar-refractivity contribution in [2.45, 2.75) is 248 Å². The van der Waals surface area contributed by atoms with E-state index in [1.54, 1.807) is 0 Å². The molecular weight excluding hydrogens is 1070 g/mol. The Labute approximate surface area is 484 Å². The maximum Gasteiger partial charge on any atom is 2.00 e. The molecular formula is C62H88Mn3O10-2. The molecule has 3 radical (unpaired) electrons. The van der Waals surface area contributed by atoms with E-state index in [-0.39, 0.29) is 86.8 Å². The first-order chi connectivity index (χ1) is 33.3. The van der Waals surface area contributed by atoms with Gasteiger partial charge in [-0.15, -0.1) is 0 Å². The number of aliphatic hydroxyl groups is 2. The van der Waals surface area contributed by atoms with Gasteiger partial charge in [-0.3, -0.25) is 0 Å². The Bertz CT molecular complexity index is 1940. The van der Waals surface area contributed by atoms with Crippen LogP contribution >= 0.6 is 0 Å². The molecule has 75 heavy (non-hydrogen) atoms. The van der Waals surface area contributed by atoms with Gasteiger partial charge in [0.2, 0.25) is 0 Å². The Balaban J connectivity index is 0.000000316. The van der Waals surface area contributed by atoms with Crippen molar-refractivity contribution in [2.24, 2.45) is 0 Å². The van der Waals surface area contributed by atoms with Gasteiger partial charge in [0.1, 0.15) is 36.6 Å². The van der Waals surface area contributed by atoms with Crippen molar-refractivity contribution in [3.63, 3.8) is 0 Å². The summed E-state index contributed by atoms with van der Waals surface area (Å²) < 4.78 is 46.0. The van der Waals surface area contributed by atoms with Crippen molar-refractivity contribution in [3.8, 4) is 0 Å². The minimum absolute atomic E-state index is 0. The van der Waals surface area contributed by atoms with Gasteiger partial charge in [0.05, 0.1) is 23.4 Å². The maximum atomic E-state index is 10.3. The fourth-order valence-corrected chi connectivity index (χ4v) is 10.6. The summed E-state index contributed by atoms with van der Waals surface area (Å²) in [6.07, 6.45) is -0.225. The second-order valence-corrected chi connectivity index (χ2v) is 23.1. The van der Waals surface area contributed by atoms with Crippen LogP contribution in [-0.4, -0.2) is 94.4 Å². The van der Waals surface area contributed by atoms with E-state index in [1.807, 2.05) is 27.7 Å². The number of fused-ring (bicyclic) bond motifs is 2. The van der Waals surface area contributed by atoms with Crippen LogP contribution in [0.1, 0.15) is 148 Å². The largest absolute Gasteiger partial charge is 2.00 e. The average Bonchev–Trinajstić information content (AvgIpc) is 4.03. The summed E-state index contributed by atoms with van der Waals surface area (Å²) in [4.78, 5) is 0. The van der Waals surface area contributed by atoms with Crippen molar-refractivity contribution in [1.29, 1.82) is 0 Å². The molecule has 0 bridgehead atoms. The second-order valence-electron chi connectivity index (χ2n) is 23.1. The number of hydrogen-bond donors (Lipinski definition) is 2. The summed E-state index contributed by atoms with van der Waals surface area (Å²) in [5, 5.41) is 20.6. The van der Waals surface area contributed by atoms with Crippen LogP contribution < -0.4 is 0 Å². The van der Waals surface area contributed by atoms with Crippen LogP contribution in [0.15, 0.2) is 48.5 Å². The molecule has 0 spiro atoms. The normalized spacial score (nSPS) is 28.4. The molecule has 10 unspecified atom stereocenters. The molecule has 0 saturated carbocycles. The minimum atomic E-state index is -0.685. The zero-order valence-electron chi connectivity index (χ0n) is 48.5. The van der Waals surface area contributed by atoms with Crippen LogP contribution in [0.4, 0.5) is 0 Å². The molecule has 4 aromatic rings. The molecule has 13 heteroatoms. The Kier molecular flexibility index (Phi) is 26.7. The molecule has 419 valence electrons. The fraction of sp³-hybridized carbons (Fsp3) is 0.613. The van der Waals surface area contributed by atoms with E-state index in [0.717, 1.165) is 25.7 Å². The van der Waals surface area contributed by atoms with Gasteiger partial charge in [-0.1, -0.05) is 83.1 Å². The first-order valence-corrected chi connectivity index (χ1v) is 25.9. The first kappa shape index (κ1) is 69.1. The smallest absolute Gasteiger partial charge is 0.387 e. The standard InChI is InChI=1S/2C13H22O5.4C9H11.3Mn/c2*1-12(2)6-5-7(16-12)9-8(14)10-11(15-9)18-13(3,4)17-10;4*1-7-4-8(2)6-9(3)5-7;;;/h2*7-11,14H,5-6H2,1-4H3;4*4-5H,1-3H3;;;/q;;4*-1;;;+2. The van der Waals surface area contributed by atoms with Crippen LogP contribution in [0.5, 0.6) is 0 Å². The zero-order valence-corrected chi connectivity index (χ0v) is 52.1. The molecule has 2 N–H and O–H groups in total. The van der Waals surface area contributed by atoms with Gasteiger partial charge in [0, 0.05) is 34.1 Å². The molecule has 6 aliphatic heterocycles. The van der Waals surface area contributed by atoms with E-state index < -0.39 is 48.6 Å². The molecule has 10 atom stereocenters. The van der Waals surface area contributed by atoms with Gasteiger partial charge in [-0.25, -0.2) is 0 Å². The van der Waals surface area contributed by atoms with Crippen LogP contribution in [0, 0.1) is 107 Å². The predicted molar refractivity (Wildman–Crippen MR) is 284 cm³/mol. The van der Waals surface area contributed by atoms with Crippen molar-refractivity contribution < 1.29 is 99.3 Å². The Morgan fingerprint density at radius 2 is 0.600 bits per heavy atom. The van der Waals surface area contributed by atoms with Crippen LogP contribution in [0.2, 0.25) is 0 Å². The molecule has 6 fully saturated rings. The SMILES string of the molecule is CC1(C)CCC(C2OC3OC(C)(C)OC3C2O)O1.CC1(C)CCC(C2OC3OC(C)(C)OC3C2O)O1.Cc1[c-]c(C)cc(C)c1.Cc1[c-]c(C)cc(C)c1.Cc1[c-]c(C)cc(C)c1.Cc1[c-]c(C)cc(C)c1.[Mn+2].[Mn].[Mn]. The molecule has 0 aromatic heterocycles. The summed E-state index contributed by atoms with van der Waals surface area (Å²) >= 11 is 0. The van der Waals surface area contributed by atoms with Gasteiger partial charge >= 0.3 is 17.1 Å². The number of ether oxygens (including phenoxy) is 8. The van der Waals surface area contributed by atoms with Crippen LogP contribution in [0.3, 0.4) is 0 Å². The van der Waals surface area contributed by atoms with Crippen molar-refractivity contribution in [1.82, 2.24) is 0 Å². The summed E-state index contributed by atoms with van der Waals surface area (Å²) in [6.45, 7) is 40.5. The summed E-state index contributed by atoms with van der Waals surface area (Å²) in [6, 6.07) is 29.9. The fourth-order valence-electron chi connectivity index (χ4n) is 10.6. The Morgan fingerprint density at radius 1 is 0.373 bits per heavy atom. The molecule has 10 nitrogen and oxygen atoms in total. The van der Waals surface area contributed by atoms with E-state index >= 15 is 0 Å². The quantitative estimate of drug-likeness (QED) is 0.149. The van der Waals surface area contributed by atoms with E-state index in [9.17, 15) is 10.2 Å². The van der Waals surface area contributed by atoms with E-state index in [4.69, 9.17) is 37.9 Å². The Hall–Kier alpha value is -1.96. The van der Waals surface area contributed by atoms with E-state index in [1.165, 1.54) is 66.8 Å². The number of rotatable bonds is 2. The topological polar surface area (TPSA) is 114 Å². The second kappa shape index (κ2) is 29.0. The molecule has 10 rings (SSSR count). The number of hydrogen-bond acceptors (Lipinski definition) is 10. The van der Waals surface area contributed by atoms with Crippen molar-refractivity contribution >= 4 is 0 Å². The van der Waals surface area contributed by atoms with Crippen molar-refractivity contribution in [3.05, 3.63) is 140 Å². The van der Waals surface area contributed by atoms with Gasteiger partial charge < -0.3 is 48.1 Å². The maximum absolute atomic E-state index is 10.3. The van der Waals surface area contributed by atoms with Crippen LogP contribution in [0.25, 0.3) is 0 Å². The zero-order chi connectivity index (χ0) is 53.7. The Morgan fingerprint density at radius 3 is 0.773 bits per heavy atom. The third kappa shape index (κ3) is 21.6. The number of aliphatic hydroxyl groups excluding tert-OH is 2. The third-order valence-electron chi connectivity index (χ3n) is 13.0. The molecule has 4 aromatic carbocycles. The summed E-state index contributed by atoms with van der Waals surface area (Å²) in [5.41, 5.74) is 14.9. The van der Waals surface area contributed by atoms with Gasteiger partial charge in [0.15, 0.2) is 24.2 Å². The molecule has 0 amide bonds. The predicted octanol–water partition coefficient (Wildman–Crippen LogP) is 12.0. The molecule has 6 saturated heterocycles. The van der Waals surface area contributed by atoms with E-state index in [0.29, 0.717) is 0 Å². The molecule has 6 heterocycles. The van der Waals surface area contributed by atoms with E-state index in [2.05, 4.69) is 184 Å². The molecule has 0 aliphatic carbocycles.